The Morgan fingerprint density at radius 3 is 2.25 bits per heavy atom. The molecule has 0 amide bonds. The van der Waals surface area contributed by atoms with Crippen molar-refractivity contribution in [2.45, 2.75) is 73.8 Å². The van der Waals surface area contributed by atoms with Crippen LogP contribution in [0.1, 0.15) is 51.4 Å². The third-order valence-corrected chi connectivity index (χ3v) is 7.60. The molecule has 3 rings (SSSR count). The molecule has 3 aliphatic rings. The summed E-state index contributed by atoms with van der Waals surface area (Å²) in [6.07, 6.45) is 5.07. The number of hydrogen-bond acceptors (Lipinski definition) is 5. The van der Waals surface area contributed by atoms with Gasteiger partial charge in [0.05, 0.1) is 29.3 Å². The number of hydrogen-bond donors (Lipinski definition) is 1. The molecule has 0 aromatic carbocycles. The van der Waals surface area contributed by atoms with Gasteiger partial charge >= 0.3 is 0 Å². The molecule has 0 aromatic heterocycles. The fourth-order valence-corrected chi connectivity index (χ4v) is 6.45. The average molecular weight is 304 g/mol. The van der Waals surface area contributed by atoms with E-state index in [-0.39, 0.29) is 16.8 Å². The Morgan fingerprint density at radius 1 is 1.05 bits per heavy atom. The maximum atomic E-state index is 12.2. The maximum absolute atomic E-state index is 12.2. The van der Waals surface area contributed by atoms with Gasteiger partial charge in [-0.2, -0.15) is 0 Å². The molecule has 3 heterocycles. The standard InChI is InChI=1S/C14H24O5S/c15-14(6-5-13-18-7-2-8-19-13)9-11-3-1-4-12(10-14)20(11,16)17/h11-13,15H,1-10H2. The van der Waals surface area contributed by atoms with Crippen LogP contribution >= 0.6 is 0 Å². The van der Waals surface area contributed by atoms with Crippen molar-refractivity contribution in [1.29, 1.82) is 0 Å². The Kier molecular flexibility index (Phi) is 4.10. The predicted octanol–water partition coefficient (Wildman–Crippen LogP) is 1.39. The molecule has 0 saturated carbocycles. The SMILES string of the molecule is O=S1(=O)C2CCCC1CC(O)(CCC1OCCCO1)C2. The van der Waals surface area contributed by atoms with E-state index in [0.29, 0.717) is 51.7 Å². The van der Waals surface area contributed by atoms with Gasteiger partial charge in [-0.15, -0.1) is 0 Å². The fourth-order valence-electron chi connectivity index (χ4n) is 3.84. The minimum atomic E-state index is -3.00. The van der Waals surface area contributed by atoms with E-state index in [2.05, 4.69) is 0 Å². The topological polar surface area (TPSA) is 72.8 Å². The third-order valence-electron chi connectivity index (χ3n) is 4.94. The van der Waals surface area contributed by atoms with Gasteiger partial charge in [0, 0.05) is 6.42 Å². The highest BCUT2D eigenvalue weighted by Gasteiger charge is 2.50. The zero-order valence-corrected chi connectivity index (χ0v) is 12.6. The van der Waals surface area contributed by atoms with E-state index >= 15 is 0 Å². The second kappa shape index (κ2) is 5.55. The molecule has 2 bridgehead atoms. The smallest absolute Gasteiger partial charge is 0.157 e. The summed E-state index contributed by atoms with van der Waals surface area (Å²) in [4.78, 5) is 0. The number of sulfone groups is 1. The maximum Gasteiger partial charge on any atom is 0.157 e. The van der Waals surface area contributed by atoms with E-state index in [4.69, 9.17) is 9.47 Å². The highest BCUT2D eigenvalue weighted by atomic mass is 32.2. The average Bonchev–Trinajstić information content (AvgIpc) is 2.40. The van der Waals surface area contributed by atoms with Crippen molar-refractivity contribution in [3.63, 3.8) is 0 Å². The van der Waals surface area contributed by atoms with Gasteiger partial charge in [0.15, 0.2) is 16.1 Å². The minimum absolute atomic E-state index is 0.230. The summed E-state index contributed by atoms with van der Waals surface area (Å²) in [5.41, 5.74) is -0.856. The van der Waals surface area contributed by atoms with E-state index < -0.39 is 15.4 Å². The van der Waals surface area contributed by atoms with Crippen molar-refractivity contribution in [1.82, 2.24) is 0 Å². The van der Waals surface area contributed by atoms with Crippen LogP contribution in [0.15, 0.2) is 0 Å². The first-order valence-corrected chi connectivity index (χ1v) is 9.29. The molecular formula is C14H24O5S. The second-order valence-electron chi connectivity index (χ2n) is 6.46. The van der Waals surface area contributed by atoms with Crippen LogP contribution in [-0.4, -0.2) is 49.1 Å². The van der Waals surface area contributed by atoms with Gasteiger partial charge in [-0.3, -0.25) is 0 Å². The molecule has 0 radical (unpaired) electrons. The van der Waals surface area contributed by atoms with Crippen LogP contribution in [-0.2, 0) is 19.3 Å². The fraction of sp³-hybridized carbons (Fsp3) is 1.00. The second-order valence-corrected chi connectivity index (χ2v) is 8.97. The Bertz CT molecular complexity index is 420. The molecule has 0 spiro atoms. The summed E-state index contributed by atoms with van der Waals surface area (Å²) in [5, 5.41) is 10.1. The van der Waals surface area contributed by atoms with E-state index in [1.54, 1.807) is 0 Å². The van der Waals surface area contributed by atoms with Crippen LogP contribution in [0, 0.1) is 0 Å². The van der Waals surface area contributed by atoms with E-state index in [1.165, 1.54) is 0 Å². The van der Waals surface area contributed by atoms with Crippen LogP contribution in [0.4, 0.5) is 0 Å². The van der Waals surface area contributed by atoms with E-state index in [1.807, 2.05) is 0 Å². The number of aliphatic hydroxyl groups is 1. The molecule has 20 heavy (non-hydrogen) atoms. The zero-order chi connectivity index (χ0) is 14.2. The van der Waals surface area contributed by atoms with Gasteiger partial charge in [0.2, 0.25) is 0 Å². The molecule has 5 nitrogen and oxygen atoms in total. The highest BCUT2D eigenvalue weighted by molar-refractivity contribution is 7.92. The van der Waals surface area contributed by atoms with Gasteiger partial charge in [-0.25, -0.2) is 8.42 Å². The lowest BCUT2D eigenvalue weighted by molar-refractivity contribution is -0.187. The zero-order valence-electron chi connectivity index (χ0n) is 11.8. The molecule has 3 aliphatic heterocycles. The van der Waals surface area contributed by atoms with Crippen molar-refractivity contribution in [2.75, 3.05) is 13.2 Å². The summed E-state index contributed by atoms with van der Waals surface area (Å²) in [6, 6.07) is 0. The summed E-state index contributed by atoms with van der Waals surface area (Å²) < 4.78 is 35.5. The van der Waals surface area contributed by atoms with Crippen molar-refractivity contribution in [2.24, 2.45) is 0 Å². The first kappa shape index (κ1) is 14.8. The Balaban J connectivity index is 1.61. The van der Waals surface area contributed by atoms with Gasteiger partial charge in [-0.05, 0) is 38.5 Å². The minimum Gasteiger partial charge on any atom is -0.390 e. The van der Waals surface area contributed by atoms with Gasteiger partial charge in [0.25, 0.3) is 0 Å². The van der Waals surface area contributed by atoms with Gasteiger partial charge in [0.1, 0.15) is 0 Å². The Morgan fingerprint density at radius 2 is 1.65 bits per heavy atom. The van der Waals surface area contributed by atoms with Crippen LogP contribution < -0.4 is 0 Å². The predicted molar refractivity (Wildman–Crippen MR) is 74.1 cm³/mol. The molecule has 2 unspecified atom stereocenters. The van der Waals surface area contributed by atoms with Crippen molar-refractivity contribution in [3.8, 4) is 0 Å². The molecule has 116 valence electrons. The normalized spacial score (nSPS) is 41.5. The van der Waals surface area contributed by atoms with Crippen molar-refractivity contribution < 1.29 is 23.0 Å². The van der Waals surface area contributed by atoms with Crippen LogP contribution in [0.5, 0.6) is 0 Å². The molecule has 0 aromatic rings. The molecule has 3 fully saturated rings. The Hall–Kier alpha value is -0.170. The summed E-state index contributed by atoms with van der Waals surface area (Å²) in [7, 11) is -3.00. The molecule has 3 saturated heterocycles. The largest absolute Gasteiger partial charge is 0.390 e. The molecule has 0 aliphatic carbocycles. The highest BCUT2D eigenvalue weighted by Crippen LogP contribution is 2.43. The first-order valence-electron chi connectivity index (χ1n) is 7.68. The monoisotopic (exact) mass is 304 g/mol. The molecular weight excluding hydrogens is 280 g/mol. The summed E-state index contributed by atoms with van der Waals surface area (Å²) >= 11 is 0. The first-order chi connectivity index (χ1) is 9.50. The van der Waals surface area contributed by atoms with Crippen molar-refractivity contribution >= 4 is 9.84 Å². The van der Waals surface area contributed by atoms with Gasteiger partial charge < -0.3 is 14.6 Å². The van der Waals surface area contributed by atoms with E-state index in [9.17, 15) is 13.5 Å². The van der Waals surface area contributed by atoms with E-state index in [0.717, 1.165) is 12.8 Å². The number of ether oxygens (including phenoxy) is 2. The summed E-state index contributed by atoms with van der Waals surface area (Å²) in [6.45, 7) is 1.42. The summed E-state index contributed by atoms with van der Waals surface area (Å²) in [5.74, 6) is 0. The third kappa shape index (κ3) is 2.89. The molecule has 1 N–H and O–H groups in total. The van der Waals surface area contributed by atoms with Crippen molar-refractivity contribution in [3.05, 3.63) is 0 Å². The lowest BCUT2D eigenvalue weighted by Gasteiger charge is -2.44. The van der Waals surface area contributed by atoms with Gasteiger partial charge in [-0.1, -0.05) is 6.42 Å². The number of fused-ring (bicyclic) bond motifs is 2. The van der Waals surface area contributed by atoms with Crippen LogP contribution in [0.2, 0.25) is 0 Å². The quantitative estimate of drug-likeness (QED) is 0.853. The van der Waals surface area contributed by atoms with Crippen LogP contribution in [0.25, 0.3) is 0 Å². The lowest BCUT2D eigenvalue weighted by atomic mass is 9.82. The molecule has 2 atom stereocenters. The number of rotatable bonds is 3. The van der Waals surface area contributed by atoms with Crippen LogP contribution in [0.3, 0.4) is 0 Å². The Labute approximate surface area is 120 Å². The molecule has 6 heteroatoms. The lowest BCUT2D eigenvalue weighted by Crippen LogP contribution is -2.52.